The molecular weight excluding hydrogens is 258 g/mol. The highest BCUT2D eigenvalue weighted by molar-refractivity contribution is 6.07. The zero-order valence-electron chi connectivity index (χ0n) is 11.9. The lowest BCUT2D eigenvalue weighted by Gasteiger charge is -2.20. The molecule has 0 N–H and O–H groups in total. The minimum atomic E-state index is 0.252. The van der Waals surface area contributed by atoms with Crippen LogP contribution >= 0.6 is 0 Å². The van der Waals surface area contributed by atoms with Crippen molar-refractivity contribution in [2.75, 3.05) is 6.61 Å². The smallest absolute Gasteiger partial charge is 0.134 e. The summed E-state index contributed by atoms with van der Waals surface area (Å²) in [6.07, 6.45) is 7.22. The molecule has 5 rings (SSSR count). The molecule has 2 heteroatoms. The van der Waals surface area contributed by atoms with Crippen molar-refractivity contribution in [1.82, 2.24) is 4.98 Å². The van der Waals surface area contributed by atoms with Crippen molar-refractivity contribution >= 4 is 21.7 Å². The third kappa shape index (κ3) is 1.45. The van der Waals surface area contributed by atoms with Gasteiger partial charge in [-0.2, -0.15) is 0 Å². The first-order valence-corrected chi connectivity index (χ1v) is 7.81. The second-order valence-electron chi connectivity index (χ2n) is 6.46. The second kappa shape index (κ2) is 3.97. The maximum Gasteiger partial charge on any atom is 0.134 e. The standard InChI is InChI=1S/C19H17NO/c1-2-6-14-13(5-1)7-8-15-17(14)20-11-16-18(15)21-12-19(16)9-3-4-10-19/h1-2,5-8,11H,3-4,9-10,12H2. The van der Waals surface area contributed by atoms with Gasteiger partial charge >= 0.3 is 0 Å². The van der Waals surface area contributed by atoms with Crippen LogP contribution in [-0.2, 0) is 5.41 Å². The van der Waals surface area contributed by atoms with E-state index in [0.717, 1.165) is 17.9 Å². The highest BCUT2D eigenvalue weighted by Crippen LogP contribution is 2.51. The molecule has 0 atom stereocenters. The Morgan fingerprint density at radius 3 is 2.71 bits per heavy atom. The third-order valence-corrected chi connectivity index (χ3v) is 5.34. The molecule has 2 heterocycles. The molecule has 0 saturated heterocycles. The maximum atomic E-state index is 6.16. The summed E-state index contributed by atoms with van der Waals surface area (Å²) in [4.78, 5) is 4.82. The first kappa shape index (κ1) is 11.6. The number of benzene rings is 2. The normalized spacial score (nSPS) is 19.2. The van der Waals surface area contributed by atoms with E-state index in [4.69, 9.17) is 9.72 Å². The maximum absolute atomic E-state index is 6.16. The Bertz CT molecular complexity index is 862. The second-order valence-corrected chi connectivity index (χ2v) is 6.46. The fourth-order valence-corrected chi connectivity index (χ4v) is 4.20. The first-order valence-electron chi connectivity index (χ1n) is 7.81. The van der Waals surface area contributed by atoms with Gasteiger partial charge in [-0.1, -0.05) is 43.2 Å². The quantitative estimate of drug-likeness (QED) is 0.560. The minimum absolute atomic E-state index is 0.252. The topological polar surface area (TPSA) is 22.1 Å². The Morgan fingerprint density at radius 2 is 1.81 bits per heavy atom. The van der Waals surface area contributed by atoms with Crippen LogP contribution in [0, 0.1) is 0 Å². The van der Waals surface area contributed by atoms with E-state index in [0.29, 0.717) is 0 Å². The van der Waals surface area contributed by atoms with Crippen LogP contribution in [0.1, 0.15) is 31.2 Å². The first-order chi connectivity index (χ1) is 10.4. The third-order valence-electron chi connectivity index (χ3n) is 5.34. The Hall–Kier alpha value is -2.09. The lowest BCUT2D eigenvalue weighted by molar-refractivity contribution is 0.269. The fraction of sp³-hybridized carbons (Fsp3) is 0.316. The molecule has 1 spiro atoms. The molecule has 1 aliphatic carbocycles. The van der Waals surface area contributed by atoms with Gasteiger partial charge in [0.1, 0.15) is 5.75 Å². The molecule has 1 aromatic heterocycles. The largest absolute Gasteiger partial charge is 0.492 e. The lowest BCUT2D eigenvalue weighted by atomic mass is 9.81. The predicted octanol–water partition coefficient (Wildman–Crippen LogP) is 4.59. The van der Waals surface area contributed by atoms with Crippen molar-refractivity contribution in [2.45, 2.75) is 31.1 Å². The van der Waals surface area contributed by atoms with Crippen LogP contribution in [0.5, 0.6) is 5.75 Å². The van der Waals surface area contributed by atoms with Crippen molar-refractivity contribution in [2.24, 2.45) is 0 Å². The predicted molar refractivity (Wildman–Crippen MR) is 84.9 cm³/mol. The van der Waals surface area contributed by atoms with Gasteiger partial charge in [0.05, 0.1) is 12.1 Å². The molecule has 0 radical (unpaired) electrons. The van der Waals surface area contributed by atoms with Gasteiger partial charge < -0.3 is 4.74 Å². The molecule has 1 aliphatic heterocycles. The number of ether oxygens (including phenoxy) is 1. The van der Waals surface area contributed by atoms with Crippen LogP contribution in [0.2, 0.25) is 0 Å². The van der Waals surface area contributed by atoms with Crippen molar-refractivity contribution in [1.29, 1.82) is 0 Å². The molecule has 0 amide bonds. The summed E-state index contributed by atoms with van der Waals surface area (Å²) in [6.45, 7) is 0.843. The minimum Gasteiger partial charge on any atom is -0.492 e. The van der Waals surface area contributed by atoms with Crippen LogP contribution in [0.25, 0.3) is 21.7 Å². The summed E-state index contributed by atoms with van der Waals surface area (Å²) in [5, 5.41) is 3.63. The van der Waals surface area contributed by atoms with E-state index < -0.39 is 0 Å². The number of hydrogen-bond donors (Lipinski definition) is 0. The van der Waals surface area contributed by atoms with Crippen molar-refractivity contribution in [3.63, 3.8) is 0 Å². The van der Waals surface area contributed by atoms with Crippen LogP contribution in [-0.4, -0.2) is 11.6 Å². The summed E-state index contributed by atoms with van der Waals surface area (Å²) in [5.74, 6) is 1.09. The molecule has 3 aromatic rings. The van der Waals surface area contributed by atoms with Crippen molar-refractivity contribution < 1.29 is 4.74 Å². The zero-order chi connectivity index (χ0) is 13.9. The zero-order valence-corrected chi connectivity index (χ0v) is 11.9. The Morgan fingerprint density at radius 1 is 0.952 bits per heavy atom. The van der Waals surface area contributed by atoms with Gasteiger partial charge in [0.15, 0.2) is 0 Å². The van der Waals surface area contributed by atoms with Gasteiger partial charge in [-0.3, -0.25) is 4.98 Å². The fourth-order valence-electron chi connectivity index (χ4n) is 4.20. The van der Waals surface area contributed by atoms with Gasteiger partial charge in [0.25, 0.3) is 0 Å². The molecule has 1 fully saturated rings. The number of pyridine rings is 1. The van der Waals surface area contributed by atoms with Gasteiger partial charge in [-0.15, -0.1) is 0 Å². The van der Waals surface area contributed by atoms with Crippen molar-refractivity contribution in [3.05, 3.63) is 48.2 Å². The Labute approximate surface area is 123 Å². The van der Waals surface area contributed by atoms with E-state index in [-0.39, 0.29) is 5.41 Å². The molecule has 1 saturated carbocycles. The summed E-state index contributed by atoms with van der Waals surface area (Å²) < 4.78 is 6.16. The van der Waals surface area contributed by atoms with E-state index in [9.17, 15) is 0 Å². The molecule has 21 heavy (non-hydrogen) atoms. The van der Waals surface area contributed by atoms with E-state index >= 15 is 0 Å². The average molecular weight is 275 g/mol. The summed E-state index contributed by atoms with van der Waals surface area (Å²) in [6, 6.07) is 12.8. The van der Waals surface area contributed by atoms with Gasteiger partial charge in [-0.05, 0) is 24.3 Å². The number of rotatable bonds is 0. The van der Waals surface area contributed by atoms with Crippen LogP contribution in [0.4, 0.5) is 0 Å². The number of aromatic nitrogens is 1. The van der Waals surface area contributed by atoms with Crippen LogP contribution in [0.3, 0.4) is 0 Å². The summed E-state index contributed by atoms with van der Waals surface area (Å²) >= 11 is 0. The van der Waals surface area contributed by atoms with Crippen molar-refractivity contribution in [3.8, 4) is 5.75 Å². The SMILES string of the molecule is c1ccc2c(c1)ccc1c3c(cnc12)C1(CCCC1)CO3. The molecule has 2 nitrogen and oxygen atoms in total. The summed E-state index contributed by atoms with van der Waals surface area (Å²) in [5.41, 5.74) is 2.67. The Kier molecular flexibility index (Phi) is 2.19. The summed E-state index contributed by atoms with van der Waals surface area (Å²) in [7, 11) is 0. The lowest BCUT2D eigenvalue weighted by Crippen LogP contribution is -2.23. The molecule has 2 aromatic carbocycles. The van der Waals surface area contributed by atoms with E-state index in [1.165, 1.54) is 47.4 Å². The number of hydrogen-bond acceptors (Lipinski definition) is 2. The number of fused-ring (bicyclic) bond motifs is 6. The van der Waals surface area contributed by atoms with E-state index in [1.54, 1.807) is 0 Å². The molecular formula is C19H17NO. The average Bonchev–Trinajstić information content (AvgIpc) is 3.16. The molecule has 104 valence electrons. The Balaban J connectivity index is 1.84. The van der Waals surface area contributed by atoms with Gasteiger partial charge in [-0.25, -0.2) is 0 Å². The monoisotopic (exact) mass is 275 g/mol. The van der Waals surface area contributed by atoms with Crippen LogP contribution < -0.4 is 4.74 Å². The molecule has 0 unspecified atom stereocenters. The van der Waals surface area contributed by atoms with Gasteiger partial charge in [0, 0.05) is 27.9 Å². The number of nitrogens with zero attached hydrogens (tertiary/aromatic N) is 1. The molecule has 2 aliphatic rings. The van der Waals surface area contributed by atoms with E-state index in [1.807, 2.05) is 0 Å². The van der Waals surface area contributed by atoms with E-state index in [2.05, 4.69) is 42.6 Å². The van der Waals surface area contributed by atoms with Crippen LogP contribution in [0.15, 0.2) is 42.6 Å². The highest BCUT2D eigenvalue weighted by Gasteiger charge is 2.43. The highest BCUT2D eigenvalue weighted by atomic mass is 16.5. The van der Waals surface area contributed by atoms with Gasteiger partial charge in [0.2, 0.25) is 0 Å². The molecule has 0 bridgehead atoms.